The van der Waals surface area contributed by atoms with Crippen LogP contribution in [-0.4, -0.2) is 15.6 Å². The number of aryl methyl sites for hydroxylation is 2. The van der Waals surface area contributed by atoms with E-state index in [9.17, 15) is 4.79 Å². The van der Waals surface area contributed by atoms with Gasteiger partial charge in [-0.25, -0.2) is 4.79 Å². The van der Waals surface area contributed by atoms with Crippen molar-refractivity contribution in [2.45, 2.75) is 20.4 Å². The largest absolute Gasteiger partial charge is 0.478 e. The normalized spacial score (nSPS) is 11.0. The lowest BCUT2D eigenvalue weighted by molar-refractivity contribution is 0.0697. The van der Waals surface area contributed by atoms with E-state index in [1.807, 2.05) is 25.1 Å². The molecule has 0 spiro atoms. The molecule has 3 heteroatoms. The van der Waals surface area contributed by atoms with Gasteiger partial charge in [-0.2, -0.15) is 0 Å². The van der Waals surface area contributed by atoms with E-state index in [1.165, 1.54) is 16.6 Å². The molecule has 3 aromatic rings. The molecule has 0 bridgehead atoms. The number of carboxylic acid groups (broad SMARTS) is 1. The van der Waals surface area contributed by atoms with Gasteiger partial charge in [0, 0.05) is 17.8 Å². The van der Waals surface area contributed by atoms with Gasteiger partial charge in [0.15, 0.2) is 0 Å². The molecule has 0 unspecified atom stereocenters. The van der Waals surface area contributed by atoms with Crippen LogP contribution < -0.4 is 0 Å². The van der Waals surface area contributed by atoms with Gasteiger partial charge < -0.3 is 9.67 Å². The second-order valence-electron chi connectivity index (χ2n) is 5.38. The summed E-state index contributed by atoms with van der Waals surface area (Å²) in [6, 6.07) is 15.8. The number of aromatic carboxylic acids is 1. The van der Waals surface area contributed by atoms with E-state index >= 15 is 0 Å². The second kappa shape index (κ2) is 5.09. The maximum Gasteiger partial charge on any atom is 0.335 e. The van der Waals surface area contributed by atoms with Gasteiger partial charge in [0.25, 0.3) is 0 Å². The maximum absolute atomic E-state index is 11.0. The Morgan fingerprint density at radius 2 is 1.86 bits per heavy atom. The van der Waals surface area contributed by atoms with Crippen LogP contribution in [0.15, 0.2) is 48.5 Å². The number of hydrogen-bond acceptors (Lipinski definition) is 1. The molecule has 21 heavy (non-hydrogen) atoms. The summed E-state index contributed by atoms with van der Waals surface area (Å²) in [6.07, 6.45) is 0. The van der Waals surface area contributed by atoms with Crippen molar-refractivity contribution in [2.24, 2.45) is 0 Å². The second-order valence-corrected chi connectivity index (χ2v) is 5.38. The predicted molar refractivity (Wildman–Crippen MR) is 83.9 cm³/mol. The van der Waals surface area contributed by atoms with Crippen LogP contribution in [0.25, 0.3) is 10.9 Å². The highest BCUT2D eigenvalue weighted by atomic mass is 16.4. The molecule has 0 aliphatic rings. The van der Waals surface area contributed by atoms with E-state index in [2.05, 4.69) is 29.7 Å². The van der Waals surface area contributed by atoms with E-state index in [-0.39, 0.29) is 0 Å². The Morgan fingerprint density at radius 3 is 2.57 bits per heavy atom. The third-order valence-electron chi connectivity index (χ3n) is 3.94. The van der Waals surface area contributed by atoms with Gasteiger partial charge in [-0.15, -0.1) is 0 Å². The molecule has 0 aliphatic heterocycles. The Kier molecular flexibility index (Phi) is 3.26. The first-order valence-electron chi connectivity index (χ1n) is 6.94. The zero-order chi connectivity index (χ0) is 15.0. The highest BCUT2D eigenvalue weighted by Crippen LogP contribution is 2.22. The molecular weight excluding hydrogens is 262 g/mol. The van der Waals surface area contributed by atoms with Crippen molar-refractivity contribution in [3.8, 4) is 0 Å². The van der Waals surface area contributed by atoms with Crippen LogP contribution in [-0.2, 0) is 6.54 Å². The summed E-state index contributed by atoms with van der Waals surface area (Å²) in [5.41, 5.74) is 4.90. The van der Waals surface area contributed by atoms with Crippen LogP contribution in [0.2, 0.25) is 0 Å². The fourth-order valence-electron chi connectivity index (χ4n) is 2.73. The highest BCUT2D eigenvalue weighted by molar-refractivity contribution is 5.88. The molecule has 3 rings (SSSR count). The lowest BCUT2D eigenvalue weighted by Gasteiger charge is -2.11. The van der Waals surface area contributed by atoms with Gasteiger partial charge in [-0.1, -0.05) is 24.3 Å². The number of benzene rings is 2. The summed E-state index contributed by atoms with van der Waals surface area (Å²) in [5, 5.41) is 10.3. The lowest BCUT2D eigenvalue weighted by Crippen LogP contribution is -2.05. The Hall–Kier alpha value is -2.55. The highest BCUT2D eigenvalue weighted by Gasteiger charge is 2.09. The number of nitrogens with zero attached hydrogens (tertiary/aromatic N) is 1. The van der Waals surface area contributed by atoms with Gasteiger partial charge in [-0.05, 0) is 54.6 Å². The van der Waals surface area contributed by atoms with Crippen molar-refractivity contribution in [3.63, 3.8) is 0 Å². The molecule has 3 nitrogen and oxygen atoms in total. The summed E-state index contributed by atoms with van der Waals surface area (Å²) >= 11 is 0. The molecule has 0 aliphatic carbocycles. The molecule has 0 radical (unpaired) electrons. The fourth-order valence-corrected chi connectivity index (χ4v) is 2.73. The van der Waals surface area contributed by atoms with E-state index < -0.39 is 5.97 Å². The van der Waals surface area contributed by atoms with Gasteiger partial charge in [0.2, 0.25) is 0 Å². The van der Waals surface area contributed by atoms with Crippen LogP contribution in [0.5, 0.6) is 0 Å². The molecule has 1 heterocycles. The molecule has 1 aromatic heterocycles. The molecule has 0 amide bonds. The zero-order valence-corrected chi connectivity index (χ0v) is 12.1. The average Bonchev–Trinajstić information content (AvgIpc) is 2.77. The Bertz CT molecular complexity index is 830. The fraction of sp³-hybridized carbons (Fsp3) is 0.167. The minimum Gasteiger partial charge on any atom is -0.478 e. The van der Waals surface area contributed by atoms with E-state index in [4.69, 9.17) is 5.11 Å². The van der Waals surface area contributed by atoms with Crippen LogP contribution in [0.1, 0.15) is 27.2 Å². The van der Waals surface area contributed by atoms with E-state index in [0.717, 1.165) is 17.7 Å². The summed E-state index contributed by atoms with van der Waals surface area (Å²) < 4.78 is 2.26. The smallest absolute Gasteiger partial charge is 0.335 e. The first-order chi connectivity index (χ1) is 10.1. The average molecular weight is 279 g/mol. The van der Waals surface area contributed by atoms with E-state index in [0.29, 0.717) is 5.56 Å². The minimum atomic E-state index is -0.882. The Balaban J connectivity index is 2.03. The molecule has 0 saturated carbocycles. The number of hydrogen-bond donors (Lipinski definition) is 1. The monoisotopic (exact) mass is 279 g/mol. The van der Waals surface area contributed by atoms with Gasteiger partial charge in [-0.3, -0.25) is 0 Å². The van der Waals surface area contributed by atoms with Crippen molar-refractivity contribution in [3.05, 3.63) is 70.9 Å². The van der Waals surface area contributed by atoms with Crippen molar-refractivity contribution in [1.82, 2.24) is 4.57 Å². The van der Waals surface area contributed by atoms with Crippen LogP contribution in [0.3, 0.4) is 0 Å². The summed E-state index contributed by atoms with van der Waals surface area (Å²) in [5.74, 6) is -0.882. The first-order valence-corrected chi connectivity index (χ1v) is 6.94. The first kappa shape index (κ1) is 13.4. The molecule has 0 atom stereocenters. The maximum atomic E-state index is 11.0. The molecule has 0 saturated heterocycles. The lowest BCUT2D eigenvalue weighted by atomic mass is 10.0. The Labute approximate surface area is 123 Å². The molecule has 0 fully saturated rings. The zero-order valence-electron chi connectivity index (χ0n) is 12.1. The van der Waals surface area contributed by atoms with Crippen LogP contribution in [0.4, 0.5) is 0 Å². The number of para-hydroxylation sites is 1. The third-order valence-corrected chi connectivity index (χ3v) is 3.94. The molecule has 2 aromatic carbocycles. The number of carboxylic acids is 1. The number of aromatic nitrogens is 1. The van der Waals surface area contributed by atoms with Gasteiger partial charge >= 0.3 is 5.97 Å². The summed E-state index contributed by atoms with van der Waals surface area (Å²) in [7, 11) is 0. The van der Waals surface area contributed by atoms with Crippen LogP contribution >= 0.6 is 0 Å². The molecular formula is C18H17NO2. The molecule has 106 valence electrons. The number of carbonyl (C=O) groups is 1. The van der Waals surface area contributed by atoms with Crippen molar-refractivity contribution in [2.75, 3.05) is 0 Å². The summed E-state index contributed by atoms with van der Waals surface area (Å²) in [6.45, 7) is 4.81. The number of rotatable bonds is 3. The molecule has 1 N–H and O–H groups in total. The minimum absolute atomic E-state index is 0.338. The Morgan fingerprint density at radius 1 is 1.10 bits per heavy atom. The van der Waals surface area contributed by atoms with Crippen LogP contribution in [0, 0.1) is 13.8 Å². The standard InChI is InChI=1S/C18H17NO2/c1-12-9-15(18(20)21)7-8-16(12)11-19-13(2)10-14-5-3-4-6-17(14)19/h3-10H,11H2,1-2H3,(H,20,21). The number of fused-ring (bicyclic) bond motifs is 1. The van der Waals surface area contributed by atoms with Gasteiger partial charge in [0.1, 0.15) is 0 Å². The summed E-state index contributed by atoms with van der Waals surface area (Å²) in [4.78, 5) is 11.0. The van der Waals surface area contributed by atoms with E-state index in [1.54, 1.807) is 12.1 Å². The quantitative estimate of drug-likeness (QED) is 0.787. The SMILES string of the molecule is Cc1cc(C(=O)O)ccc1Cn1c(C)cc2ccccc21. The van der Waals surface area contributed by atoms with Crippen molar-refractivity contribution in [1.29, 1.82) is 0 Å². The topological polar surface area (TPSA) is 42.2 Å². The van der Waals surface area contributed by atoms with Gasteiger partial charge in [0.05, 0.1) is 5.56 Å². The van der Waals surface area contributed by atoms with Crippen molar-refractivity contribution >= 4 is 16.9 Å². The predicted octanol–water partition coefficient (Wildman–Crippen LogP) is 4.00. The van der Waals surface area contributed by atoms with Crippen molar-refractivity contribution < 1.29 is 9.90 Å². The third kappa shape index (κ3) is 2.42.